The highest BCUT2D eigenvalue weighted by molar-refractivity contribution is 6.59. The van der Waals surface area contributed by atoms with Crippen molar-refractivity contribution in [2.24, 2.45) is 21.8 Å². The summed E-state index contributed by atoms with van der Waals surface area (Å²) in [6.45, 7) is 0. The SMILES string of the molecule is N#CC(C#N)=C1C2=NC3c4ccc(-c5ccc(F)c(C(F)(F)F)c5)cc4C(=C(C#N)C#N)C3N=C2C2=C1CC(C1C=C(C(F)(F)F)C(F)=CC1)C=C2. The molecule has 4 atom stereocenters. The molecule has 0 spiro atoms. The Hall–Kier alpha value is -6.38. The lowest BCUT2D eigenvalue weighted by molar-refractivity contribution is -0.139. The molecule has 0 fully saturated rings. The Labute approximate surface area is 289 Å². The van der Waals surface area contributed by atoms with E-state index in [9.17, 15) is 56.2 Å². The van der Waals surface area contributed by atoms with Gasteiger partial charge in [-0.3, -0.25) is 9.98 Å². The minimum atomic E-state index is -4.97. The number of rotatable bonds is 2. The van der Waals surface area contributed by atoms with E-state index in [0.717, 1.165) is 18.2 Å². The second kappa shape index (κ2) is 12.1. The number of alkyl halides is 6. The van der Waals surface area contributed by atoms with Gasteiger partial charge < -0.3 is 0 Å². The van der Waals surface area contributed by atoms with Gasteiger partial charge in [0.15, 0.2) is 0 Å². The quantitative estimate of drug-likeness (QED) is 0.228. The Morgan fingerprint density at radius 2 is 1.40 bits per heavy atom. The van der Waals surface area contributed by atoms with Gasteiger partial charge >= 0.3 is 12.4 Å². The van der Waals surface area contributed by atoms with Crippen molar-refractivity contribution >= 4 is 17.0 Å². The third-order valence-electron chi connectivity index (χ3n) is 9.72. The Morgan fingerprint density at radius 1 is 0.750 bits per heavy atom. The highest BCUT2D eigenvalue weighted by atomic mass is 19.4. The fourth-order valence-corrected chi connectivity index (χ4v) is 7.40. The van der Waals surface area contributed by atoms with E-state index in [4.69, 9.17) is 9.98 Å². The summed E-state index contributed by atoms with van der Waals surface area (Å²) in [7, 11) is 0. The van der Waals surface area contributed by atoms with Crippen LogP contribution in [0.1, 0.15) is 35.6 Å². The molecule has 52 heavy (non-hydrogen) atoms. The van der Waals surface area contributed by atoms with Crippen molar-refractivity contribution in [3.05, 3.63) is 122 Å². The molecule has 0 bridgehead atoms. The zero-order chi connectivity index (χ0) is 37.3. The number of hydrogen-bond donors (Lipinski definition) is 0. The van der Waals surface area contributed by atoms with Crippen LogP contribution in [-0.2, 0) is 6.18 Å². The molecule has 0 N–H and O–H groups in total. The first-order valence-corrected chi connectivity index (χ1v) is 15.5. The highest BCUT2D eigenvalue weighted by Crippen LogP contribution is 2.52. The van der Waals surface area contributed by atoms with Gasteiger partial charge in [0.25, 0.3) is 0 Å². The fraction of sp³-hybridized carbons (Fsp3) is 0.211. The van der Waals surface area contributed by atoms with Crippen molar-refractivity contribution in [1.29, 1.82) is 21.0 Å². The van der Waals surface area contributed by atoms with Crippen LogP contribution in [0.5, 0.6) is 0 Å². The molecule has 0 radical (unpaired) electrons. The molecule has 4 aliphatic carbocycles. The second-order valence-electron chi connectivity index (χ2n) is 12.5. The van der Waals surface area contributed by atoms with Gasteiger partial charge in [-0.1, -0.05) is 36.4 Å². The van der Waals surface area contributed by atoms with Crippen LogP contribution in [0.3, 0.4) is 0 Å². The molecule has 5 aliphatic rings. The zero-order valence-electron chi connectivity index (χ0n) is 26.2. The monoisotopic (exact) mass is 710 g/mol. The molecule has 14 heteroatoms. The first-order valence-electron chi connectivity index (χ1n) is 15.5. The summed E-state index contributed by atoms with van der Waals surface area (Å²) in [5.74, 6) is -4.17. The predicted molar refractivity (Wildman–Crippen MR) is 170 cm³/mol. The fourth-order valence-electron chi connectivity index (χ4n) is 7.40. The molecule has 6 nitrogen and oxygen atoms in total. The average Bonchev–Trinajstić information content (AvgIpc) is 3.59. The first kappa shape index (κ1) is 34.1. The summed E-state index contributed by atoms with van der Waals surface area (Å²) >= 11 is 0. The minimum absolute atomic E-state index is 0.0127. The van der Waals surface area contributed by atoms with E-state index < -0.39 is 59.1 Å². The molecule has 2 aromatic carbocycles. The van der Waals surface area contributed by atoms with Gasteiger partial charge in [-0.2, -0.15) is 47.4 Å². The average molecular weight is 711 g/mol. The van der Waals surface area contributed by atoms with E-state index in [2.05, 4.69) is 0 Å². The Morgan fingerprint density at radius 3 is 2.06 bits per heavy atom. The van der Waals surface area contributed by atoms with Crippen molar-refractivity contribution in [3.8, 4) is 35.4 Å². The zero-order valence-corrected chi connectivity index (χ0v) is 26.2. The molecule has 1 aliphatic heterocycles. The summed E-state index contributed by atoms with van der Waals surface area (Å²) in [5.41, 5.74) is -1.06. The highest BCUT2D eigenvalue weighted by Gasteiger charge is 2.47. The van der Waals surface area contributed by atoms with Crippen LogP contribution < -0.4 is 0 Å². The van der Waals surface area contributed by atoms with Gasteiger partial charge in [0.2, 0.25) is 0 Å². The third-order valence-corrected chi connectivity index (χ3v) is 9.72. The topological polar surface area (TPSA) is 120 Å². The first-order chi connectivity index (χ1) is 24.7. The molecule has 0 saturated carbocycles. The third kappa shape index (κ3) is 5.36. The summed E-state index contributed by atoms with van der Waals surface area (Å²) in [4.78, 5) is 9.80. The molecule has 256 valence electrons. The smallest absolute Gasteiger partial charge is 0.272 e. The van der Waals surface area contributed by atoms with E-state index in [-0.39, 0.29) is 57.7 Å². The van der Waals surface area contributed by atoms with Gasteiger partial charge in [0.1, 0.15) is 59.2 Å². The number of benzene rings is 2. The molecule has 2 aromatic rings. The number of fused-ring (bicyclic) bond motifs is 5. The molecular weight excluding hydrogens is 692 g/mol. The maximum absolute atomic E-state index is 14.1. The van der Waals surface area contributed by atoms with Crippen molar-refractivity contribution in [3.63, 3.8) is 0 Å². The molecule has 7 rings (SSSR count). The molecule has 4 unspecified atom stereocenters. The van der Waals surface area contributed by atoms with Crippen molar-refractivity contribution < 1.29 is 35.1 Å². The van der Waals surface area contributed by atoms with Crippen LogP contribution in [0.2, 0.25) is 0 Å². The van der Waals surface area contributed by atoms with E-state index in [1.807, 2.05) is 24.3 Å². The summed E-state index contributed by atoms with van der Waals surface area (Å²) in [6, 6.07) is 12.5. The number of nitriles is 4. The second-order valence-corrected chi connectivity index (χ2v) is 12.5. The van der Waals surface area contributed by atoms with Crippen LogP contribution >= 0.6 is 0 Å². The molecule has 0 amide bonds. The van der Waals surface area contributed by atoms with E-state index >= 15 is 0 Å². The van der Waals surface area contributed by atoms with Crippen LogP contribution in [0.25, 0.3) is 16.7 Å². The van der Waals surface area contributed by atoms with Gasteiger partial charge in [-0.25, -0.2) is 8.78 Å². The Balaban J connectivity index is 1.35. The van der Waals surface area contributed by atoms with Crippen molar-refractivity contribution in [1.82, 2.24) is 0 Å². The lowest BCUT2D eigenvalue weighted by Crippen LogP contribution is -2.25. The Bertz CT molecular complexity index is 2390. The van der Waals surface area contributed by atoms with Crippen molar-refractivity contribution in [2.45, 2.75) is 37.3 Å². The lowest BCUT2D eigenvalue weighted by atomic mass is 9.77. The van der Waals surface area contributed by atoms with Crippen LogP contribution in [-0.4, -0.2) is 23.6 Å². The number of halogens is 8. The van der Waals surface area contributed by atoms with Crippen LogP contribution in [0.4, 0.5) is 35.1 Å². The largest absolute Gasteiger partial charge is 0.419 e. The molecule has 0 aromatic heterocycles. The molecular formula is C38H18F8N6. The molecule has 1 heterocycles. The van der Waals surface area contributed by atoms with Crippen LogP contribution in [0, 0.1) is 63.0 Å². The predicted octanol–water partition coefficient (Wildman–Crippen LogP) is 9.22. The van der Waals surface area contributed by atoms with Gasteiger partial charge in [0, 0.05) is 16.7 Å². The van der Waals surface area contributed by atoms with Gasteiger partial charge in [0.05, 0.1) is 22.6 Å². The minimum Gasteiger partial charge on any atom is -0.272 e. The van der Waals surface area contributed by atoms with E-state index in [0.29, 0.717) is 34.4 Å². The van der Waals surface area contributed by atoms with Crippen LogP contribution in [0.15, 0.2) is 110 Å². The summed E-state index contributed by atoms with van der Waals surface area (Å²) < 4.78 is 109. The van der Waals surface area contributed by atoms with Gasteiger partial charge in [-0.05, 0) is 76.8 Å². The number of nitrogens with zero attached hydrogens (tertiary/aromatic N) is 6. The normalized spacial score (nSPS) is 23.0. The number of aliphatic imine (C=N–C) groups is 2. The maximum Gasteiger partial charge on any atom is 0.419 e. The standard InChI is InChI=1S/C38H18F8N6/c39-29-7-3-19(11-27(29)37(41,42)43)17-1-5-23-25(9-17)31(21(13-47)14-48)35-33(23)51-36-32(22(15-49)16-50)26-10-18(2-6-24(26)34(36)52-35)20-4-8-30(40)28(12-20)38(44,45)46/h1-3,5-9,11-12,18,20,33,35H,4,10H2. The maximum atomic E-state index is 14.1. The van der Waals surface area contributed by atoms with E-state index in [1.165, 1.54) is 12.1 Å². The van der Waals surface area contributed by atoms with Crippen molar-refractivity contribution in [2.75, 3.05) is 0 Å². The summed E-state index contributed by atoms with van der Waals surface area (Å²) in [6.07, 6.45) is -4.87. The van der Waals surface area contributed by atoms with E-state index in [1.54, 1.807) is 18.2 Å². The lowest BCUT2D eigenvalue weighted by Gasteiger charge is -2.28. The Kier molecular flexibility index (Phi) is 7.96. The molecule has 0 saturated heterocycles. The summed E-state index contributed by atoms with van der Waals surface area (Å²) in [5, 5.41) is 39.8. The number of allylic oxidation sites excluding steroid dienone is 11. The van der Waals surface area contributed by atoms with Gasteiger partial charge in [-0.15, -0.1) is 0 Å². The number of hydrogen-bond acceptors (Lipinski definition) is 6.